The van der Waals surface area contributed by atoms with E-state index in [4.69, 9.17) is 11.6 Å². The van der Waals surface area contributed by atoms with Crippen LogP contribution in [-0.4, -0.2) is 36.3 Å². The van der Waals surface area contributed by atoms with Crippen LogP contribution in [0.2, 0.25) is 4.34 Å². The van der Waals surface area contributed by atoms with Gasteiger partial charge in [-0.25, -0.2) is 0 Å². The van der Waals surface area contributed by atoms with E-state index in [1.54, 1.807) is 11.3 Å². The number of likely N-dealkylation sites (N-methyl/N-ethyl adjacent to an activating group) is 2. The predicted molar refractivity (Wildman–Crippen MR) is 101 cm³/mol. The summed E-state index contributed by atoms with van der Waals surface area (Å²) in [6, 6.07) is 12.6. The van der Waals surface area contributed by atoms with Gasteiger partial charge < -0.3 is 4.90 Å². The summed E-state index contributed by atoms with van der Waals surface area (Å²) >= 11 is 7.54. The zero-order valence-corrected chi connectivity index (χ0v) is 15.7. The Labute approximate surface area is 152 Å². The topological polar surface area (TPSA) is 23.6 Å². The summed E-state index contributed by atoms with van der Waals surface area (Å²) in [5, 5.41) is 0. The van der Waals surface area contributed by atoms with E-state index < -0.39 is 0 Å². The van der Waals surface area contributed by atoms with Crippen LogP contribution >= 0.6 is 22.9 Å². The number of carbonyl (C=O) groups excluding carboxylic acids is 1. The van der Waals surface area contributed by atoms with E-state index in [0.29, 0.717) is 6.54 Å². The average molecular weight is 363 g/mol. The van der Waals surface area contributed by atoms with Gasteiger partial charge in [-0.05, 0) is 49.6 Å². The van der Waals surface area contributed by atoms with Crippen molar-refractivity contribution in [2.75, 3.05) is 20.6 Å². The minimum atomic E-state index is 0.168. The number of amides is 1. The van der Waals surface area contributed by atoms with Gasteiger partial charge in [-0.2, -0.15) is 0 Å². The molecule has 5 heteroatoms. The minimum absolute atomic E-state index is 0.168. The zero-order valence-electron chi connectivity index (χ0n) is 14.2. The lowest BCUT2D eigenvalue weighted by atomic mass is 9.87. The highest BCUT2D eigenvalue weighted by molar-refractivity contribution is 7.16. The summed E-state index contributed by atoms with van der Waals surface area (Å²) in [6.07, 6.45) is 3.31. The van der Waals surface area contributed by atoms with Crippen LogP contribution in [0, 0.1) is 0 Å². The smallest absolute Gasteiger partial charge is 0.237 e. The number of nitrogens with zero attached hydrogens (tertiary/aromatic N) is 2. The van der Waals surface area contributed by atoms with E-state index in [2.05, 4.69) is 29.2 Å². The molecule has 0 radical (unpaired) electrons. The zero-order chi connectivity index (χ0) is 17.1. The number of hydrogen-bond acceptors (Lipinski definition) is 3. The second kappa shape index (κ2) is 7.68. The van der Waals surface area contributed by atoms with Crippen LogP contribution in [0.5, 0.6) is 0 Å². The molecule has 1 aromatic heterocycles. The summed E-state index contributed by atoms with van der Waals surface area (Å²) in [4.78, 5) is 17.9. The minimum Gasteiger partial charge on any atom is -0.338 e. The maximum atomic E-state index is 12.7. The first-order chi connectivity index (χ1) is 11.5. The predicted octanol–water partition coefficient (Wildman–Crippen LogP) is 4.37. The SMILES string of the molecule is CN(CC(=O)N(C)C1CCCc2ccccc21)Cc1ccc(Cl)s1. The Hall–Kier alpha value is -1.36. The van der Waals surface area contributed by atoms with Crippen LogP contribution in [0.15, 0.2) is 36.4 Å². The van der Waals surface area contributed by atoms with Gasteiger partial charge in [-0.15, -0.1) is 11.3 Å². The normalized spacial score (nSPS) is 16.9. The summed E-state index contributed by atoms with van der Waals surface area (Å²) in [6.45, 7) is 1.17. The van der Waals surface area contributed by atoms with E-state index in [1.165, 1.54) is 16.0 Å². The molecular formula is C19H23ClN2OS. The van der Waals surface area contributed by atoms with Crippen molar-refractivity contribution in [2.45, 2.75) is 31.8 Å². The summed E-state index contributed by atoms with van der Waals surface area (Å²) in [5.41, 5.74) is 2.70. The number of carbonyl (C=O) groups is 1. The van der Waals surface area contributed by atoms with Gasteiger partial charge in [0.1, 0.15) is 0 Å². The first-order valence-corrected chi connectivity index (χ1v) is 9.50. The third kappa shape index (κ3) is 4.00. The molecule has 0 aliphatic heterocycles. The molecule has 1 aromatic carbocycles. The monoisotopic (exact) mass is 362 g/mol. The number of fused-ring (bicyclic) bond motifs is 1. The molecule has 1 atom stereocenters. The summed E-state index contributed by atoms with van der Waals surface area (Å²) < 4.78 is 0.792. The van der Waals surface area contributed by atoms with Crippen molar-refractivity contribution in [1.29, 1.82) is 0 Å². The molecule has 1 unspecified atom stereocenters. The highest BCUT2D eigenvalue weighted by atomic mass is 35.5. The highest BCUT2D eigenvalue weighted by Crippen LogP contribution is 2.33. The van der Waals surface area contributed by atoms with Gasteiger partial charge in [0.25, 0.3) is 0 Å². The molecule has 1 heterocycles. The van der Waals surface area contributed by atoms with Gasteiger partial charge in [0, 0.05) is 18.5 Å². The van der Waals surface area contributed by atoms with Crippen LogP contribution < -0.4 is 0 Å². The molecule has 3 nitrogen and oxygen atoms in total. The molecule has 0 N–H and O–H groups in total. The van der Waals surface area contributed by atoms with Crippen LogP contribution in [0.4, 0.5) is 0 Å². The van der Waals surface area contributed by atoms with Crippen molar-refractivity contribution in [1.82, 2.24) is 9.80 Å². The van der Waals surface area contributed by atoms with Crippen LogP contribution in [0.1, 0.15) is 34.9 Å². The van der Waals surface area contributed by atoms with E-state index in [-0.39, 0.29) is 11.9 Å². The Kier molecular flexibility index (Phi) is 5.59. The van der Waals surface area contributed by atoms with Gasteiger partial charge >= 0.3 is 0 Å². The largest absolute Gasteiger partial charge is 0.338 e. The number of benzene rings is 1. The molecular weight excluding hydrogens is 340 g/mol. The van der Waals surface area contributed by atoms with Gasteiger partial charge in [0.05, 0.1) is 16.9 Å². The second-order valence-electron chi connectivity index (χ2n) is 6.49. The van der Waals surface area contributed by atoms with Crippen LogP contribution in [-0.2, 0) is 17.8 Å². The fourth-order valence-electron chi connectivity index (χ4n) is 3.41. The Morgan fingerprint density at radius 3 is 2.79 bits per heavy atom. The molecule has 1 amide bonds. The fourth-order valence-corrected chi connectivity index (χ4v) is 4.57. The van der Waals surface area contributed by atoms with Gasteiger partial charge in [-0.3, -0.25) is 9.69 Å². The molecule has 3 rings (SSSR count). The van der Waals surface area contributed by atoms with Crippen molar-refractivity contribution in [2.24, 2.45) is 0 Å². The van der Waals surface area contributed by atoms with E-state index in [0.717, 1.165) is 30.1 Å². The molecule has 128 valence electrons. The third-order valence-electron chi connectivity index (χ3n) is 4.66. The molecule has 24 heavy (non-hydrogen) atoms. The molecule has 0 bridgehead atoms. The summed E-state index contributed by atoms with van der Waals surface area (Å²) in [7, 11) is 3.92. The van der Waals surface area contributed by atoms with Crippen molar-refractivity contribution >= 4 is 28.8 Å². The lowest BCUT2D eigenvalue weighted by Crippen LogP contribution is -2.39. The first-order valence-electron chi connectivity index (χ1n) is 8.31. The maximum absolute atomic E-state index is 12.7. The van der Waals surface area contributed by atoms with E-state index in [9.17, 15) is 4.79 Å². The molecule has 0 spiro atoms. The Bertz CT molecular complexity index is 715. The third-order valence-corrected chi connectivity index (χ3v) is 5.87. The second-order valence-corrected chi connectivity index (χ2v) is 8.29. The molecule has 1 aliphatic carbocycles. The maximum Gasteiger partial charge on any atom is 0.237 e. The number of hydrogen-bond donors (Lipinski definition) is 0. The van der Waals surface area contributed by atoms with Gasteiger partial charge in [0.2, 0.25) is 5.91 Å². The Balaban J connectivity index is 1.63. The van der Waals surface area contributed by atoms with Crippen LogP contribution in [0.25, 0.3) is 0 Å². The number of rotatable bonds is 5. The standard InChI is InChI=1S/C19H23ClN2OS/c1-21(12-15-10-11-18(20)24-15)13-19(23)22(2)17-9-5-7-14-6-3-4-8-16(14)17/h3-4,6,8,10-11,17H,5,7,9,12-13H2,1-2H3. The summed E-state index contributed by atoms with van der Waals surface area (Å²) in [5.74, 6) is 0.168. The van der Waals surface area contributed by atoms with Gasteiger partial charge in [0.15, 0.2) is 0 Å². The average Bonchev–Trinajstić information content (AvgIpc) is 2.98. The van der Waals surface area contributed by atoms with Crippen molar-refractivity contribution < 1.29 is 4.79 Å². The number of aryl methyl sites for hydroxylation is 1. The fraction of sp³-hybridized carbons (Fsp3) is 0.421. The van der Waals surface area contributed by atoms with Crippen molar-refractivity contribution in [3.63, 3.8) is 0 Å². The van der Waals surface area contributed by atoms with Crippen LogP contribution in [0.3, 0.4) is 0 Å². The highest BCUT2D eigenvalue weighted by Gasteiger charge is 2.26. The molecule has 2 aromatic rings. The lowest BCUT2D eigenvalue weighted by Gasteiger charge is -2.34. The molecule has 0 fully saturated rings. The van der Waals surface area contributed by atoms with Crippen molar-refractivity contribution in [3.8, 4) is 0 Å². The van der Waals surface area contributed by atoms with E-state index >= 15 is 0 Å². The molecule has 1 aliphatic rings. The molecule has 0 saturated carbocycles. The first kappa shape index (κ1) is 17.5. The Morgan fingerprint density at radius 2 is 2.04 bits per heavy atom. The quantitative estimate of drug-likeness (QED) is 0.788. The van der Waals surface area contributed by atoms with Crippen molar-refractivity contribution in [3.05, 3.63) is 56.7 Å². The molecule has 0 saturated heterocycles. The lowest BCUT2D eigenvalue weighted by molar-refractivity contribution is -0.133. The van der Waals surface area contributed by atoms with Gasteiger partial charge in [-0.1, -0.05) is 35.9 Å². The number of thiophene rings is 1. The Morgan fingerprint density at radius 1 is 1.25 bits per heavy atom. The number of halogens is 1. The van der Waals surface area contributed by atoms with E-state index in [1.807, 2.05) is 31.1 Å².